The van der Waals surface area contributed by atoms with Gasteiger partial charge in [0.2, 0.25) is 5.91 Å². The van der Waals surface area contributed by atoms with Crippen LogP contribution in [0, 0.1) is 0 Å². The number of piperidine rings is 1. The Hall–Kier alpha value is -1.60. The number of hydrogen-bond acceptors (Lipinski definition) is 4. The Labute approximate surface area is 148 Å². The van der Waals surface area contributed by atoms with E-state index >= 15 is 0 Å². The summed E-state index contributed by atoms with van der Waals surface area (Å²) in [6.45, 7) is 4.08. The predicted octanol–water partition coefficient (Wildman–Crippen LogP) is 1.53. The number of carbonyl (C=O) groups is 1. The maximum absolute atomic E-state index is 11.4. The van der Waals surface area contributed by atoms with E-state index in [-0.39, 0.29) is 5.91 Å². The van der Waals surface area contributed by atoms with Gasteiger partial charge in [0.05, 0.1) is 6.04 Å². The highest BCUT2D eigenvalue weighted by atomic mass is 32.1. The van der Waals surface area contributed by atoms with Crippen LogP contribution in [0.2, 0.25) is 0 Å². The monoisotopic (exact) mass is 351 g/mol. The summed E-state index contributed by atoms with van der Waals surface area (Å²) in [6, 6.07) is 4.95. The second-order valence-electron chi connectivity index (χ2n) is 6.37. The second kappa shape index (κ2) is 9.03. The highest BCUT2D eigenvalue weighted by Gasteiger charge is 2.22. The topological polar surface area (TPSA) is 60.0 Å². The number of nitrogens with zero attached hydrogens (tertiary/aromatic N) is 3. The second-order valence-corrected chi connectivity index (χ2v) is 7.35. The fraction of sp³-hybridized carbons (Fsp3) is 0.647. The number of likely N-dealkylation sites (N-methyl/N-ethyl adjacent to an activating group) is 1. The molecule has 0 radical (unpaired) electrons. The molecule has 0 saturated carbocycles. The Balaban J connectivity index is 1.83. The molecule has 0 spiro atoms. The summed E-state index contributed by atoms with van der Waals surface area (Å²) in [7, 11) is 6.00. The van der Waals surface area contributed by atoms with Crippen LogP contribution in [0.25, 0.3) is 0 Å². The first kappa shape index (κ1) is 18.7. The first-order chi connectivity index (χ1) is 11.5. The van der Waals surface area contributed by atoms with Crippen molar-refractivity contribution in [2.24, 2.45) is 4.99 Å². The van der Waals surface area contributed by atoms with Gasteiger partial charge in [0, 0.05) is 44.5 Å². The van der Waals surface area contributed by atoms with Crippen molar-refractivity contribution >= 4 is 23.2 Å². The number of rotatable bonds is 5. The predicted molar refractivity (Wildman–Crippen MR) is 101 cm³/mol. The molecular weight excluding hydrogens is 322 g/mol. The van der Waals surface area contributed by atoms with E-state index in [2.05, 4.69) is 52.1 Å². The number of carbonyl (C=O) groups excluding carboxylic acids is 1. The zero-order chi connectivity index (χ0) is 17.5. The number of hydrogen-bond donors (Lipinski definition) is 2. The van der Waals surface area contributed by atoms with Gasteiger partial charge in [-0.3, -0.25) is 9.79 Å². The van der Waals surface area contributed by atoms with Crippen LogP contribution in [0.3, 0.4) is 0 Å². The van der Waals surface area contributed by atoms with Crippen LogP contribution in [0.1, 0.15) is 30.7 Å². The van der Waals surface area contributed by atoms with Crippen LogP contribution >= 0.6 is 11.3 Å². The van der Waals surface area contributed by atoms with E-state index < -0.39 is 0 Å². The zero-order valence-corrected chi connectivity index (χ0v) is 15.9. The normalized spacial score (nSPS) is 17.9. The molecule has 0 aromatic carbocycles. The Morgan fingerprint density at radius 2 is 2.17 bits per heavy atom. The third kappa shape index (κ3) is 5.21. The molecule has 134 valence electrons. The highest BCUT2D eigenvalue weighted by Crippen LogP contribution is 2.22. The molecule has 7 heteroatoms. The molecule has 2 N–H and O–H groups in total. The van der Waals surface area contributed by atoms with Gasteiger partial charge in [-0.15, -0.1) is 11.3 Å². The van der Waals surface area contributed by atoms with Crippen molar-refractivity contribution in [2.45, 2.75) is 31.8 Å². The minimum Gasteiger partial charge on any atom is -0.354 e. The number of amides is 1. The minimum absolute atomic E-state index is 0.167. The Morgan fingerprint density at radius 1 is 1.46 bits per heavy atom. The standard InChI is InChI=1S/C17H29N5OS/c1-13(23)22-9-7-14(8-10-22)20-17(18-2)19-12-15(21(3)4)16-6-5-11-24-16/h5-6,11,14-15H,7-10,12H2,1-4H3,(H2,18,19,20). The van der Waals surface area contributed by atoms with E-state index in [0.29, 0.717) is 12.1 Å². The third-order valence-corrected chi connectivity index (χ3v) is 5.44. The lowest BCUT2D eigenvalue weighted by Gasteiger charge is -2.33. The average Bonchev–Trinajstić information content (AvgIpc) is 3.08. The largest absolute Gasteiger partial charge is 0.354 e. The van der Waals surface area contributed by atoms with E-state index in [1.807, 2.05) is 4.90 Å². The third-order valence-electron chi connectivity index (χ3n) is 4.46. The van der Waals surface area contributed by atoms with E-state index in [1.165, 1.54) is 4.88 Å². The quantitative estimate of drug-likeness (QED) is 0.624. The first-order valence-electron chi connectivity index (χ1n) is 8.43. The summed E-state index contributed by atoms with van der Waals surface area (Å²) in [6.07, 6.45) is 1.92. The van der Waals surface area contributed by atoms with Gasteiger partial charge in [-0.2, -0.15) is 0 Å². The number of nitrogens with one attached hydrogen (secondary N) is 2. The number of aliphatic imine (C=N–C) groups is 1. The number of likely N-dealkylation sites (tertiary alicyclic amines) is 1. The molecule has 1 aromatic heterocycles. The molecule has 1 saturated heterocycles. The maximum Gasteiger partial charge on any atom is 0.219 e. The van der Waals surface area contributed by atoms with E-state index in [9.17, 15) is 4.79 Å². The smallest absolute Gasteiger partial charge is 0.219 e. The summed E-state index contributed by atoms with van der Waals surface area (Å²) in [5, 5.41) is 9.05. The SMILES string of the molecule is CN=C(NCC(c1cccs1)N(C)C)NC1CCN(C(C)=O)CC1. The van der Waals surface area contributed by atoms with E-state index in [4.69, 9.17) is 0 Å². The molecule has 1 aliphatic rings. The molecule has 1 atom stereocenters. The van der Waals surface area contributed by atoms with Crippen molar-refractivity contribution in [3.8, 4) is 0 Å². The summed E-state index contributed by atoms with van der Waals surface area (Å²) in [5.74, 6) is 1.00. The lowest BCUT2D eigenvalue weighted by molar-refractivity contribution is -0.129. The Kier molecular flexibility index (Phi) is 7.05. The Morgan fingerprint density at radius 3 is 2.67 bits per heavy atom. The van der Waals surface area contributed by atoms with Crippen LogP contribution < -0.4 is 10.6 Å². The van der Waals surface area contributed by atoms with Gasteiger partial charge in [-0.1, -0.05) is 6.07 Å². The van der Waals surface area contributed by atoms with Gasteiger partial charge in [0.15, 0.2) is 5.96 Å². The molecule has 1 aliphatic heterocycles. The molecule has 24 heavy (non-hydrogen) atoms. The summed E-state index contributed by atoms with van der Waals surface area (Å²) >= 11 is 1.78. The molecule has 1 unspecified atom stereocenters. The highest BCUT2D eigenvalue weighted by molar-refractivity contribution is 7.10. The number of guanidine groups is 1. The zero-order valence-electron chi connectivity index (χ0n) is 15.1. The van der Waals surface area contributed by atoms with Crippen molar-refractivity contribution < 1.29 is 4.79 Å². The summed E-state index contributed by atoms with van der Waals surface area (Å²) in [4.78, 5) is 21.2. The molecule has 2 heterocycles. The van der Waals surface area contributed by atoms with Gasteiger partial charge in [-0.05, 0) is 38.4 Å². The van der Waals surface area contributed by atoms with Crippen LogP contribution in [0.5, 0.6) is 0 Å². The van der Waals surface area contributed by atoms with Crippen molar-refractivity contribution in [1.29, 1.82) is 0 Å². The van der Waals surface area contributed by atoms with Crippen molar-refractivity contribution in [3.05, 3.63) is 22.4 Å². The van der Waals surface area contributed by atoms with Gasteiger partial charge in [0.25, 0.3) is 0 Å². The van der Waals surface area contributed by atoms with Crippen molar-refractivity contribution in [1.82, 2.24) is 20.4 Å². The molecule has 1 aromatic rings. The molecule has 2 rings (SSSR count). The fourth-order valence-corrected chi connectivity index (χ4v) is 3.86. The van der Waals surface area contributed by atoms with Crippen molar-refractivity contribution in [3.63, 3.8) is 0 Å². The van der Waals surface area contributed by atoms with Gasteiger partial charge in [-0.25, -0.2) is 0 Å². The van der Waals surface area contributed by atoms with Gasteiger partial charge in [0.1, 0.15) is 0 Å². The van der Waals surface area contributed by atoms with Crippen LogP contribution in [-0.2, 0) is 4.79 Å². The van der Waals surface area contributed by atoms with Crippen LogP contribution in [0.15, 0.2) is 22.5 Å². The lowest BCUT2D eigenvalue weighted by atomic mass is 10.1. The molecule has 1 fully saturated rings. The molecular formula is C17H29N5OS. The maximum atomic E-state index is 11.4. The van der Waals surface area contributed by atoms with Crippen LogP contribution in [0.4, 0.5) is 0 Å². The fourth-order valence-electron chi connectivity index (χ4n) is 2.94. The van der Waals surface area contributed by atoms with E-state index in [0.717, 1.165) is 38.4 Å². The number of thiophene rings is 1. The Bertz CT molecular complexity index is 535. The summed E-state index contributed by atoms with van der Waals surface area (Å²) in [5.41, 5.74) is 0. The van der Waals surface area contributed by atoms with Gasteiger partial charge < -0.3 is 20.4 Å². The minimum atomic E-state index is 0.167. The van der Waals surface area contributed by atoms with Crippen LogP contribution in [-0.4, -0.2) is 68.5 Å². The molecule has 0 aliphatic carbocycles. The lowest BCUT2D eigenvalue weighted by Crippen LogP contribution is -2.50. The van der Waals surface area contributed by atoms with E-state index in [1.54, 1.807) is 25.3 Å². The van der Waals surface area contributed by atoms with Crippen molar-refractivity contribution in [2.75, 3.05) is 40.8 Å². The first-order valence-corrected chi connectivity index (χ1v) is 9.31. The molecule has 1 amide bonds. The molecule has 0 bridgehead atoms. The van der Waals surface area contributed by atoms with Gasteiger partial charge >= 0.3 is 0 Å². The molecule has 6 nitrogen and oxygen atoms in total. The summed E-state index contributed by atoms with van der Waals surface area (Å²) < 4.78 is 0. The average molecular weight is 352 g/mol.